The maximum absolute atomic E-state index is 11.3. The molecular weight excluding hydrogens is 376 g/mol. The first-order valence-corrected chi connectivity index (χ1v) is 10.7. The van der Waals surface area contributed by atoms with Gasteiger partial charge in [-0.15, -0.1) is 0 Å². The van der Waals surface area contributed by atoms with Gasteiger partial charge >= 0.3 is 5.97 Å². The van der Waals surface area contributed by atoms with E-state index in [2.05, 4.69) is 24.2 Å². The van der Waals surface area contributed by atoms with E-state index < -0.39 is 5.97 Å². The number of carboxylic acid groups (broad SMARTS) is 1. The predicted octanol–water partition coefficient (Wildman–Crippen LogP) is 5.89. The van der Waals surface area contributed by atoms with Crippen molar-refractivity contribution in [2.45, 2.75) is 52.1 Å². The fraction of sp³-hybridized carbons (Fsp3) is 0.360. The first kappa shape index (κ1) is 20.2. The third-order valence-electron chi connectivity index (χ3n) is 6.13. The number of aromatic carboxylic acids is 1. The molecule has 1 aliphatic rings. The Kier molecular flexibility index (Phi) is 5.88. The zero-order chi connectivity index (χ0) is 21.1. The van der Waals surface area contributed by atoms with Crippen molar-refractivity contribution in [1.29, 1.82) is 0 Å². The summed E-state index contributed by atoms with van der Waals surface area (Å²) in [5, 5.41) is 13.5. The van der Waals surface area contributed by atoms with Crippen LogP contribution in [0, 0.1) is 12.8 Å². The molecule has 5 nitrogen and oxygen atoms in total. The molecule has 156 valence electrons. The zero-order valence-corrected chi connectivity index (χ0v) is 17.5. The van der Waals surface area contributed by atoms with Crippen LogP contribution in [0.15, 0.2) is 54.7 Å². The average Bonchev–Trinajstić information content (AvgIpc) is 3.16. The number of hydrogen-bond acceptors (Lipinski definition) is 3. The molecule has 0 saturated heterocycles. The lowest BCUT2D eigenvalue weighted by Crippen LogP contribution is -2.25. The van der Waals surface area contributed by atoms with Crippen LogP contribution in [-0.2, 0) is 0 Å². The van der Waals surface area contributed by atoms with Gasteiger partial charge in [0.2, 0.25) is 0 Å². The van der Waals surface area contributed by atoms with Gasteiger partial charge in [0.25, 0.3) is 0 Å². The van der Waals surface area contributed by atoms with Crippen LogP contribution in [0.1, 0.15) is 55.1 Å². The van der Waals surface area contributed by atoms with E-state index in [1.54, 1.807) is 11.6 Å². The monoisotopic (exact) mass is 404 g/mol. The molecule has 2 aromatic carbocycles. The first-order chi connectivity index (χ1) is 14.5. The molecule has 1 aromatic heterocycles. The Labute approximate surface area is 177 Å². The molecule has 0 amide bonds. The lowest BCUT2D eigenvalue weighted by atomic mass is 9.86. The van der Waals surface area contributed by atoms with Gasteiger partial charge in [0.1, 0.15) is 11.3 Å². The summed E-state index contributed by atoms with van der Waals surface area (Å²) in [5.41, 5.74) is 3.76. The van der Waals surface area contributed by atoms with Crippen molar-refractivity contribution in [1.82, 2.24) is 9.78 Å². The van der Waals surface area contributed by atoms with Crippen molar-refractivity contribution in [2.75, 3.05) is 0 Å². The van der Waals surface area contributed by atoms with E-state index in [1.165, 1.54) is 38.3 Å². The molecular formula is C25H28N2O3. The fourth-order valence-corrected chi connectivity index (χ4v) is 4.36. The summed E-state index contributed by atoms with van der Waals surface area (Å²) in [5.74, 6) is 0.559. The zero-order valence-electron chi connectivity index (χ0n) is 17.5. The van der Waals surface area contributed by atoms with Crippen LogP contribution < -0.4 is 4.74 Å². The molecule has 1 heterocycles. The van der Waals surface area contributed by atoms with Gasteiger partial charge in [-0.25, -0.2) is 9.48 Å². The van der Waals surface area contributed by atoms with Crippen LogP contribution >= 0.6 is 0 Å². The van der Waals surface area contributed by atoms with Crippen LogP contribution in [0.25, 0.3) is 16.8 Å². The third-order valence-corrected chi connectivity index (χ3v) is 6.13. The normalized spacial score (nSPS) is 15.7. The van der Waals surface area contributed by atoms with Gasteiger partial charge in [0.05, 0.1) is 23.7 Å². The average molecular weight is 405 g/mol. The van der Waals surface area contributed by atoms with E-state index in [9.17, 15) is 9.90 Å². The van der Waals surface area contributed by atoms with Crippen molar-refractivity contribution in [3.8, 4) is 22.6 Å². The maximum Gasteiger partial charge on any atom is 0.339 e. The largest absolute Gasteiger partial charge is 0.490 e. The number of hydrogen-bond donors (Lipinski definition) is 1. The minimum atomic E-state index is -0.966. The topological polar surface area (TPSA) is 64.3 Å². The van der Waals surface area contributed by atoms with Crippen LogP contribution in [0.5, 0.6) is 5.75 Å². The molecule has 0 radical (unpaired) electrons. The van der Waals surface area contributed by atoms with Crippen molar-refractivity contribution in [2.24, 2.45) is 5.92 Å². The summed E-state index contributed by atoms with van der Waals surface area (Å²) in [4.78, 5) is 11.3. The number of carboxylic acids is 1. The van der Waals surface area contributed by atoms with Crippen LogP contribution in [0.2, 0.25) is 0 Å². The second kappa shape index (κ2) is 8.74. The Bertz CT molecular complexity index is 1030. The van der Waals surface area contributed by atoms with Crippen molar-refractivity contribution in [3.05, 3.63) is 66.0 Å². The van der Waals surface area contributed by atoms with Crippen molar-refractivity contribution >= 4 is 5.97 Å². The molecule has 1 N–H and O–H groups in total. The number of ether oxygens (including phenoxy) is 1. The van der Waals surface area contributed by atoms with Gasteiger partial charge in [-0.1, -0.05) is 43.5 Å². The Morgan fingerprint density at radius 2 is 1.80 bits per heavy atom. The minimum Gasteiger partial charge on any atom is -0.490 e. The SMILES string of the molecule is Cc1c(C(=O)O)cnn1-c1cccc(-c2cccc(O[C@@H](C)C3CCCCC3)c2)c1. The molecule has 1 atom stereocenters. The lowest BCUT2D eigenvalue weighted by molar-refractivity contribution is 0.0696. The first-order valence-electron chi connectivity index (χ1n) is 10.7. The third kappa shape index (κ3) is 4.25. The Hall–Kier alpha value is -3.08. The maximum atomic E-state index is 11.3. The highest BCUT2D eigenvalue weighted by Crippen LogP contribution is 2.31. The summed E-state index contributed by atoms with van der Waals surface area (Å²) in [7, 11) is 0. The van der Waals surface area contributed by atoms with E-state index in [0.717, 1.165) is 22.6 Å². The van der Waals surface area contributed by atoms with E-state index in [4.69, 9.17) is 4.74 Å². The van der Waals surface area contributed by atoms with Gasteiger partial charge in [-0.3, -0.25) is 0 Å². The van der Waals surface area contributed by atoms with E-state index >= 15 is 0 Å². The molecule has 1 aliphatic carbocycles. The number of rotatable bonds is 6. The molecule has 1 fully saturated rings. The minimum absolute atomic E-state index is 0.215. The summed E-state index contributed by atoms with van der Waals surface area (Å²) < 4.78 is 7.96. The van der Waals surface area contributed by atoms with Gasteiger partial charge in [0.15, 0.2) is 0 Å². The van der Waals surface area contributed by atoms with Crippen LogP contribution in [0.4, 0.5) is 0 Å². The highest BCUT2D eigenvalue weighted by atomic mass is 16.5. The lowest BCUT2D eigenvalue weighted by Gasteiger charge is -2.28. The highest BCUT2D eigenvalue weighted by Gasteiger charge is 2.21. The van der Waals surface area contributed by atoms with E-state index in [-0.39, 0.29) is 11.7 Å². The summed E-state index contributed by atoms with van der Waals surface area (Å²) in [6.45, 7) is 3.95. The molecule has 3 aromatic rings. The molecule has 0 bridgehead atoms. The number of aromatic nitrogens is 2. The number of nitrogens with zero attached hydrogens (tertiary/aromatic N) is 2. The summed E-state index contributed by atoms with van der Waals surface area (Å²) in [6, 6.07) is 16.1. The van der Waals surface area contributed by atoms with Gasteiger partial charge in [0, 0.05) is 0 Å². The molecule has 1 saturated carbocycles. The van der Waals surface area contributed by atoms with Crippen molar-refractivity contribution in [3.63, 3.8) is 0 Å². The standard InChI is InChI=1S/C25H28N2O3/c1-17-24(25(28)29)16-26-27(17)22-12-6-10-20(14-22)21-11-7-13-23(15-21)30-18(2)19-8-4-3-5-9-19/h6-7,10-16,18-19H,3-5,8-9H2,1-2H3,(H,28,29)/t18-/m0/s1. The van der Waals surface area contributed by atoms with Crippen LogP contribution in [-0.4, -0.2) is 27.0 Å². The Morgan fingerprint density at radius 1 is 1.10 bits per heavy atom. The van der Waals surface area contributed by atoms with Gasteiger partial charge in [-0.05, 0) is 68.0 Å². The molecule has 0 spiro atoms. The second-order valence-corrected chi connectivity index (χ2v) is 8.16. The smallest absolute Gasteiger partial charge is 0.339 e. The molecule has 5 heteroatoms. The van der Waals surface area contributed by atoms with E-state index in [1.807, 2.05) is 36.4 Å². The van der Waals surface area contributed by atoms with Crippen LogP contribution in [0.3, 0.4) is 0 Å². The Balaban J connectivity index is 1.57. The Morgan fingerprint density at radius 3 is 2.50 bits per heavy atom. The summed E-state index contributed by atoms with van der Waals surface area (Å²) >= 11 is 0. The molecule has 0 aliphatic heterocycles. The fourth-order valence-electron chi connectivity index (χ4n) is 4.36. The van der Waals surface area contributed by atoms with Crippen molar-refractivity contribution < 1.29 is 14.6 Å². The van der Waals surface area contributed by atoms with Gasteiger partial charge < -0.3 is 9.84 Å². The molecule has 4 rings (SSSR count). The predicted molar refractivity (Wildman–Crippen MR) is 117 cm³/mol. The summed E-state index contributed by atoms with van der Waals surface area (Å²) in [6.07, 6.45) is 8.08. The molecule has 0 unspecified atom stereocenters. The second-order valence-electron chi connectivity index (χ2n) is 8.16. The molecule has 30 heavy (non-hydrogen) atoms. The number of carbonyl (C=O) groups is 1. The number of benzene rings is 2. The quantitative estimate of drug-likeness (QED) is 0.556. The highest BCUT2D eigenvalue weighted by molar-refractivity contribution is 5.88. The van der Waals surface area contributed by atoms with Gasteiger partial charge in [-0.2, -0.15) is 5.10 Å². The van der Waals surface area contributed by atoms with E-state index in [0.29, 0.717) is 11.6 Å².